The van der Waals surface area contributed by atoms with E-state index in [1.54, 1.807) is 0 Å². The monoisotopic (exact) mass is 582 g/mol. The number of carbonyl (C=O) groups excluding carboxylic acids is 2. The van der Waals surface area contributed by atoms with Crippen LogP contribution < -0.4 is 0 Å². The van der Waals surface area contributed by atoms with Crippen molar-refractivity contribution in [2.24, 2.45) is 0 Å². The van der Waals surface area contributed by atoms with E-state index in [4.69, 9.17) is 55.9 Å². The van der Waals surface area contributed by atoms with Gasteiger partial charge in [-0.15, -0.1) is 0 Å². The molecule has 0 spiro atoms. The van der Waals surface area contributed by atoms with Gasteiger partial charge in [-0.05, 0) is 12.8 Å². The van der Waals surface area contributed by atoms with Gasteiger partial charge in [0.2, 0.25) is 0 Å². The number of rotatable bonds is 20. The molecule has 1 rings (SSSR count). The summed E-state index contributed by atoms with van der Waals surface area (Å²) in [6, 6.07) is 0. The molecule has 0 radical (unpaired) electrons. The highest BCUT2D eigenvalue weighted by Gasteiger charge is 2.30. The van der Waals surface area contributed by atoms with Crippen molar-refractivity contribution in [1.29, 1.82) is 0 Å². The molecule has 0 N–H and O–H groups in total. The van der Waals surface area contributed by atoms with E-state index in [1.807, 2.05) is 0 Å². The molecule has 0 saturated heterocycles. The molecule has 0 aliphatic rings. The standard InChI is InChI=1S/C28H42Cl4O4/c1-3-5-7-9-11-13-15-17-19-35-27(33)21-22(24(30)26(32)25(31)23(21)29)28(34)36-20-18-16-14-12-10-8-6-4-2/h3-20H2,1-2H3. The number of unbranched alkanes of at least 4 members (excludes halogenated alkanes) is 14. The number of hydrogen-bond donors (Lipinski definition) is 0. The Balaban J connectivity index is 2.62. The molecule has 8 heteroatoms. The minimum absolute atomic E-state index is 0.0954. The van der Waals surface area contributed by atoms with Crippen LogP contribution in [0.3, 0.4) is 0 Å². The second-order valence-corrected chi connectivity index (χ2v) is 10.7. The summed E-state index contributed by atoms with van der Waals surface area (Å²) in [5.41, 5.74) is -0.395. The maximum Gasteiger partial charge on any atom is 0.340 e. The Labute approximate surface area is 237 Å². The molecule has 1 aromatic rings. The largest absolute Gasteiger partial charge is 0.462 e. The summed E-state index contributed by atoms with van der Waals surface area (Å²) in [4.78, 5) is 25.7. The molecule has 0 saturated carbocycles. The average molecular weight is 584 g/mol. The van der Waals surface area contributed by atoms with Crippen LogP contribution in [0.25, 0.3) is 0 Å². The van der Waals surface area contributed by atoms with Gasteiger partial charge < -0.3 is 9.47 Å². The van der Waals surface area contributed by atoms with E-state index in [1.165, 1.54) is 64.2 Å². The topological polar surface area (TPSA) is 52.6 Å². The van der Waals surface area contributed by atoms with Gasteiger partial charge in [0, 0.05) is 0 Å². The first-order valence-electron chi connectivity index (χ1n) is 13.6. The van der Waals surface area contributed by atoms with Crippen LogP contribution in [0.5, 0.6) is 0 Å². The van der Waals surface area contributed by atoms with Gasteiger partial charge in [-0.25, -0.2) is 9.59 Å². The molecule has 0 aromatic heterocycles. The summed E-state index contributed by atoms with van der Waals surface area (Å²) in [6.45, 7) is 4.83. The molecule has 36 heavy (non-hydrogen) atoms. The zero-order valence-corrected chi connectivity index (χ0v) is 24.9. The number of benzene rings is 1. The number of halogens is 4. The van der Waals surface area contributed by atoms with E-state index in [0.717, 1.165) is 38.5 Å². The van der Waals surface area contributed by atoms with Crippen molar-refractivity contribution < 1.29 is 19.1 Å². The molecule has 0 fully saturated rings. The summed E-state index contributed by atoms with van der Waals surface area (Å²) >= 11 is 24.9. The Kier molecular flexibility index (Phi) is 18.8. The van der Waals surface area contributed by atoms with Gasteiger partial charge in [0.25, 0.3) is 0 Å². The Morgan fingerprint density at radius 2 is 0.750 bits per heavy atom. The van der Waals surface area contributed by atoms with Crippen LogP contribution in [-0.4, -0.2) is 25.2 Å². The highest BCUT2D eigenvalue weighted by Crippen LogP contribution is 2.42. The van der Waals surface area contributed by atoms with Crippen LogP contribution in [0.2, 0.25) is 20.1 Å². The van der Waals surface area contributed by atoms with Crippen molar-refractivity contribution in [1.82, 2.24) is 0 Å². The molecule has 1 aromatic carbocycles. The highest BCUT2D eigenvalue weighted by molar-refractivity contribution is 6.54. The van der Waals surface area contributed by atoms with Gasteiger partial charge in [0.15, 0.2) is 0 Å². The van der Waals surface area contributed by atoms with E-state index < -0.39 is 11.9 Å². The van der Waals surface area contributed by atoms with Gasteiger partial charge in [-0.3, -0.25) is 0 Å². The Bertz CT molecular complexity index is 733. The summed E-state index contributed by atoms with van der Waals surface area (Å²) in [5.74, 6) is -1.52. The number of carbonyl (C=O) groups is 2. The van der Waals surface area contributed by atoms with Gasteiger partial charge in [-0.2, -0.15) is 0 Å². The quantitative estimate of drug-likeness (QED) is 0.0662. The van der Waals surface area contributed by atoms with Crippen LogP contribution in [0, 0.1) is 0 Å². The lowest BCUT2D eigenvalue weighted by atomic mass is 10.1. The summed E-state index contributed by atoms with van der Waals surface area (Å²) in [5, 5.41) is -0.513. The van der Waals surface area contributed by atoms with E-state index >= 15 is 0 Å². The van der Waals surface area contributed by atoms with Crippen molar-refractivity contribution in [3.63, 3.8) is 0 Å². The summed E-state index contributed by atoms with van der Waals surface area (Å²) in [7, 11) is 0. The Morgan fingerprint density at radius 3 is 1.06 bits per heavy atom. The molecule has 0 heterocycles. The van der Waals surface area contributed by atoms with Crippen LogP contribution in [-0.2, 0) is 9.47 Å². The molecule has 0 bridgehead atoms. The first-order valence-corrected chi connectivity index (χ1v) is 15.1. The zero-order valence-electron chi connectivity index (χ0n) is 21.9. The lowest BCUT2D eigenvalue weighted by molar-refractivity contribution is 0.0450. The van der Waals surface area contributed by atoms with E-state index in [9.17, 15) is 9.59 Å². The van der Waals surface area contributed by atoms with Crippen molar-refractivity contribution in [2.45, 2.75) is 117 Å². The van der Waals surface area contributed by atoms with Gasteiger partial charge in [0.05, 0.1) is 44.4 Å². The van der Waals surface area contributed by atoms with Crippen molar-refractivity contribution in [3.8, 4) is 0 Å². The molecule has 0 aliphatic heterocycles. The number of esters is 2. The molecule has 0 atom stereocenters. The normalized spacial score (nSPS) is 11.1. The van der Waals surface area contributed by atoms with Crippen LogP contribution in [0.1, 0.15) is 137 Å². The van der Waals surface area contributed by atoms with Gasteiger partial charge >= 0.3 is 11.9 Å². The molecule has 4 nitrogen and oxygen atoms in total. The molecule has 206 valence electrons. The molecular weight excluding hydrogens is 542 g/mol. The summed E-state index contributed by atoms with van der Waals surface area (Å²) < 4.78 is 10.8. The Morgan fingerprint density at radius 1 is 0.472 bits per heavy atom. The predicted molar refractivity (Wildman–Crippen MR) is 152 cm³/mol. The first-order chi connectivity index (χ1) is 17.4. The molecule has 0 aliphatic carbocycles. The second kappa shape index (κ2) is 20.3. The fraction of sp³-hybridized carbons (Fsp3) is 0.714. The van der Waals surface area contributed by atoms with Crippen molar-refractivity contribution in [3.05, 3.63) is 31.2 Å². The Hall–Kier alpha value is -0.680. The van der Waals surface area contributed by atoms with Crippen molar-refractivity contribution in [2.75, 3.05) is 13.2 Å². The third kappa shape index (κ3) is 12.2. The maximum atomic E-state index is 12.9. The van der Waals surface area contributed by atoms with Crippen LogP contribution in [0.4, 0.5) is 0 Å². The van der Waals surface area contributed by atoms with Gasteiger partial charge in [0.1, 0.15) is 0 Å². The number of ether oxygens (including phenoxy) is 2. The zero-order chi connectivity index (χ0) is 26.8. The van der Waals surface area contributed by atoms with E-state index in [-0.39, 0.29) is 44.4 Å². The lowest BCUT2D eigenvalue weighted by Gasteiger charge is -2.15. The third-order valence-electron chi connectivity index (χ3n) is 6.14. The van der Waals surface area contributed by atoms with Crippen molar-refractivity contribution >= 4 is 58.3 Å². The lowest BCUT2D eigenvalue weighted by Crippen LogP contribution is -2.17. The fourth-order valence-corrected chi connectivity index (χ4v) is 4.97. The summed E-state index contributed by atoms with van der Waals surface area (Å²) in [6.07, 6.45) is 17.9. The highest BCUT2D eigenvalue weighted by atomic mass is 35.5. The second-order valence-electron chi connectivity index (χ2n) is 9.23. The third-order valence-corrected chi connectivity index (χ3v) is 7.94. The predicted octanol–water partition coefficient (Wildman–Crippen LogP) is 10.9. The fourth-order valence-electron chi connectivity index (χ4n) is 3.96. The minimum Gasteiger partial charge on any atom is -0.462 e. The SMILES string of the molecule is CCCCCCCCCCOC(=O)c1c(Cl)c(Cl)c(Cl)c(Cl)c1C(=O)OCCCCCCCCCC. The maximum absolute atomic E-state index is 12.9. The molecular formula is C28H42Cl4O4. The van der Waals surface area contributed by atoms with E-state index in [2.05, 4.69) is 13.8 Å². The number of hydrogen-bond acceptors (Lipinski definition) is 4. The van der Waals surface area contributed by atoms with Gasteiger partial charge in [-0.1, -0.05) is 150 Å². The van der Waals surface area contributed by atoms with Crippen LogP contribution in [0.15, 0.2) is 0 Å². The van der Waals surface area contributed by atoms with E-state index in [0.29, 0.717) is 0 Å². The molecule has 0 unspecified atom stereocenters. The first kappa shape index (κ1) is 33.3. The smallest absolute Gasteiger partial charge is 0.340 e. The minimum atomic E-state index is -0.762. The average Bonchev–Trinajstić information content (AvgIpc) is 2.87. The van der Waals surface area contributed by atoms with Crippen LogP contribution >= 0.6 is 46.4 Å². The molecule has 0 amide bonds.